The van der Waals surface area contributed by atoms with E-state index in [9.17, 15) is 4.79 Å². The van der Waals surface area contributed by atoms with Gasteiger partial charge in [0.2, 0.25) is 0 Å². The Balaban J connectivity index is 1.73. The molecule has 0 bridgehead atoms. The van der Waals surface area contributed by atoms with Crippen molar-refractivity contribution in [3.8, 4) is 11.3 Å². The summed E-state index contributed by atoms with van der Waals surface area (Å²) >= 11 is 6.04. The second-order valence-electron chi connectivity index (χ2n) is 5.22. The van der Waals surface area contributed by atoms with E-state index in [2.05, 4.69) is 15.7 Å². The number of urea groups is 1. The molecule has 0 radical (unpaired) electrons. The number of nitrogens with two attached hydrogens (primary N) is 1. The number of amides is 2. The second-order valence-corrected chi connectivity index (χ2v) is 5.63. The number of rotatable bonds is 3. The van der Waals surface area contributed by atoms with Gasteiger partial charge in [-0.3, -0.25) is 10.00 Å². The van der Waals surface area contributed by atoms with Gasteiger partial charge in [0.05, 0.1) is 16.4 Å². The van der Waals surface area contributed by atoms with Crippen molar-refractivity contribution in [3.05, 3.63) is 59.6 Å². The van der Waals surface area contributed by atoms with E-state index in [0.29, 0.717) is 22.2 Å². The minimum Gasteiger partial charge on any atom is -0.399 e. The van der Waals surface area contributed by atoms with Crippen LogP contribution in [0.5, 0.6) is 0 Å². The van der Waals surface area contributed by atoms with Gasteiger partial charge in [-0.1, -0.05) is 41.9 Å². The molecule has 3 aromatic rings. The highest BCUT2D eigenvalue weighted by molar-refractivity contribution is 6.34. The van der Waals surface area contributed by atoms with Crippen molar-refractivity contribution in [2.45, 2.75) is 0 Å². The van der Waals surface area contributed by atoms with E-state index in [0.717, 1.165) is 11.3 Å². The van der Waals surface area contributed by atoms with Crippen LogP contribution in [0, 0.1) is 0 Å². The number of nitrogens with zero attached hydrogens (tertiary/aromatic N) is 2. The summed E-state index contributed by atoms with van der Waals surface area (Å²) in [6, 6.07) is 16.1. The molecule has 6 nitrogen and oxygen atoms in total. The lowest BCUT2D eigenvalue weighted by Gasteiger charge is -2.07. The van der Waals surface area contributed by atoms with Crippen molar-refractivity contribution in [2.75, 3.05) is 16.4 Å². The normalized spacial score (nSPS) is 10.4. The molecule has 0 spiro atoms. The first kappa shape index (κ1) is 15.9. The van der Waals surface area contributed by atoms with E-state index in [1.165, 1.54) is 0 Å². The third-order valence-electron chi connectivity index (χ3n) is 3.43. The predicted octanol–water partition coefficient (Wildman–Crippen LogP) is 3.97. The number of halogens is 1. The maximum absolute atomic E-state index is 12.1. The largest absolute Gasteiger partial charge is 0.399 e. The molecular formula is C17H16ClN5O. The fourth-order valence-corrected chi connectivity index (χ4v) is 2.55. The topological polar surface area (TPSA) is 85.0 Å². The minimum atomic E-state index is -0.431. The Labute approximate surface area is 144 Å². The monoisotopic (exact) mass is 341 g/mol. The maximum atomic E-state index is 12.1. The van der Waals surface area contributed by atoms with Gasteiger partial charge in [0.15, 0.2) is 5.82 Å². The van der Waals surface area contributed by atoms with Crippen molar-refractivity contribution < 1.29 is 4.79 Å². The number of anilines is 3. The number of carbonyl (C=O) groups excluding carboxylic acids is 1. The molecule has 3 rings (SSSR count). The van der Waals surface area contributed by atoms with Crippen molar-refractivity contribution in [3.63, 3.8) is 0 Å². The summed E-state index contributed by atoms with van der Waals surface area (Å²) in [5, 5.41) is 10.0. The van der Waals surface area contributed by atoms with E-state index in [1.807, 2.05) is 37.4 Å². The summed E-state index contributed by atoms with van der Waals surface area (Å²) in [7, 11) is 1.82. The zero-order valence-electron chi connectivity index (χ0n) is 13.0. The predicted molar refractivity (Wildman–Crippen MR) is 97.1 cm³/mol. The van der Waals surface area contributed by atoms with Gasteiger partial charge in [0.1, 0.15) is 0 Å². The first-order valence-electron chi connectivity index (χ1n) is 7.25. The summed E-state index contributed by atoms with van der Waals surface area (Å²) in [6.07, 6.45) is 0. The summed E-state index contributed by atoms with van der Waals surface area (Å²) < 4.78 is 1.71. The van der Waals surface area contributed by atoms with Crippen LogP contribution in [0.3, 0.4) is 0 Å². The maximum Gasteiger partial charge on any atom is 0.324 e. The van der Waals surface area contributed by atoms with Crippen molar-refractivity contribution in [1.82, 2.24) is 9.78 Å². The molecule has 0 saturated carbocycles. The molecule has 4 N–H and O–H groups in total. The number of carbonyl (C=O) groups is 1. The Bertz CT molecular complexity index is 876. The Morgan fingerprint density at radius 3 is 2.58 bits per heavy atom. The van der Waals surface area contributed by atoms with Crippen LogP contribution in [0.4, 0.5) is 22.0 Å². The number of nitrogen functional groups attached to an aromatic ring is 1. The molecule has 0 aliphatic rings. The van der Waals surface area contributed by atoms with Gasteiger partial charge in [-0.2, -0.15) is 5.10 Å². The molecule has 0 fully saturated rings. The van der Waals surface area contributed by atoms with Gasteiger partial charge in [0.25, 0.3) is 0 Å². The Kier molecular flexibility index (Phi) is 4.39. The molecule has 24 heavy (non-hydrogen) atoms. The number of hydrogen-bond donors (Lipinski definition) is 3. The molecule has 2 amide bonds. The lowest BCUT2D eigenvalue weighted by atomic mass is 10.1. The molecule has 7 heteroatoms. The van der Waals surface area contributed by atoms with Crippen LogP contribution in [0.25, 0.3) is 11.3 Å². The van der Waals surface area contributed by atoms with E-state index >= 15 is 0 Å². The minimum absolute atomic E-state index is 0.371. The second kappa shape index (κ2) is 6.64. The highest BCUT2D eigenvalue weighted by Crippen LogP contribution is 2.25. The van der Waals surface area contributed by atoms with Crippen LogP contribution in [0.1, 0.15) is 0 Å². The fraction of sp³-hybridized carbons (Fsp3) is 0.0588. The Morgan fingerprint density at radius 1 is 1.12 bits per heavy atom. The van der Waals surface area contributed by atoms with Crippen molar-refractivity contribution in [2.24, 2.45) is 7.05 Å². The number of nitrogens with one attached hydrogen (secondary N) is 2. The van der Waals surface area contributed by atoms with Crippen LogP contribution in [-0.2, 0) is 7.05 Å². The fourth-order valence-electron chi connectivity index (χ4n) is 2.31. The number of aryl methyl sites for hydroxylation is 1. The molecule has 0 atom stereocenters. The smallest absolute Gasteiger partial charge is 0.324 e. The zero-order chi connectivity index (χ0) is 17.1. The molecule has 122 valence electrons. The highest BCUT2D eigenvalue weighted by atomic mass is 35.5. The summed E-state index contributed by atoms with van der Waals surface area (Å²) in [5.74, 6) is 0.445. The van der Waals surface area contributed by atoms with Gasteiger partial charge in [0, 0.05) is 18.8 Å². The summed E-state index contributed by atoms with van der Waals surface area (Å²) in [5.41, 5.74) is 8.55. The standard InChI is InChI=1S/C17H16ClN5O/c1-23-15(11-5-3-2-4-6-11)10-16(22-23)21-17(24)20-14-8-7-12(19)9-13(14)18/h2-10H,19H2,1H3,(H2,20,21,22,24). The third-order valence-corrected chi connectivity index (χ3v) is 3.75. The van der Waals surface area contributed by atoms with Crippen LogP contribution < -0.4 is 16.4 Å². The van der Waals surface area contributed by atoms with E-state index in [4.69, 9.17) is 17.3 Å². The van der Waals surface area contributed by atoms with E-state index < -0.39 is 6.03 Å². The van der Waals surface area contributed by atoms with E-state index in [1.54, 1.807) is 28.9 Å². The van der Waals surface area contributed by atoms with Crippen molar-refractivity contribution in [1.29, 1.82) is 0 Å². The lowest BCUT2D eigenvalue weighted by Crippen LogP contribution is -2.20. The molecule has 2 aromatic carbocycles. The number of hydrogen-bond acceptors (Lipinski definition) is 3. The number of aromatic nitrogens is 2. The van der Waals surface area contributed by atoms with Gasteiger partial charge in [-0.15, -0.1) is 0 Å². The third kappa shape index (κ3) is 3.49. The first-order chi connectivity index (χ1) is 11.5. The van der Waals surface area contributed by atoms with Crippen LogP contribution in [-0.4, -0.2) is 15.8 Å². The average molecular weight is 342 g/mol. The molecule has 0 saturated heterocycles. The molecule has 0 aliphatic carbocycles. The zero-order valence-corrected chi connectivity index (χ0v) is 13.7. The molecule has 1 aromatic heterocycles. The van der Waals surface area contributed by atoms with Crippen LogP contribution in [0.15, 0.2) is 54.6 Å². The van der Waals surface area contributed by atoms with Crippen molar-refractivity contribution >= 4 is 34.8 Å². The van der Waals surface area contributed by atoms with Gasteiger partial charge < -0.3 is 11.1 Å². The Morgan fingerprint density at radius 2 is 1.88 bits per heavy atom. The van der Waals surface area contributed by atoms with Gasteiger partial charge >= 0.3 is 6.03 Å². The van der Waals surface area contributed by atoms with Crippen LogP contribution in [0.2, 0.25) is 5.02 Å². The number of benzene rings is 2. The molecule has 0 unspecified atom stereocenters. The first-order valence-corrected chi connectivity index (χ1v) is 7.63. The van der Waals surface area contributed by atoms with E-state index in [-0.39, 0.29) is 0 Å². The Hall–Kier alpha value is -2.99. The quantitative estimate of drug-likeness (QED) is 0.630. The lowest BCUT2D eigenvalue weighted by molar-refractivity contribution is 0.262. The highest BCUT2D eigenvalue weighted by Gasteiger charge is 2.11. The summed E-state index contributed by atoms with van der Waals surface area (Å²) in [4.78, 5) is 12.1. The van der Waals surface area contributed by atoms with Gasteiger partial charge in [-0.05, 0) is 23.8 Å². The average Bonchev–Trinajstić information content (AvgIpc) is 2.91. The van der Waals surface area contributed by atoms with Crippen LogP contribution >= 0.6 is 11.6 Å². The molecular weight excluding hydrogens is 326 g/mol. The molecule has 0 aliphatic heterocycles. The van der Waals surface area contributed by atoms with Gasteiger partial charge in [-0.25, -0.2) is 4.79 Å². The summed E-state index contributed by atoms with van der Waals surface area (Å²) in [6.45, 7) is 0. The molecule has 1 heterocycles. The SMILES string of the molecule is Cn1nc(NC(=O)Nc2ccc(N)cc2Cl)cc1-c1ccccc1.